The Bertz CT molecular complexity index is 623. The molecule has 0 unspecified atom stereocenters. The van der Waals surface area contributed by atoms with Gasteiger partial charge in [0.15, 0.2) is 0 Å². The van der Waals surface area contributed by atoms with E-state index in [4.69, 9.17) is 5.26 Å². The first-order valence-electron chi connectivity index (χ1n) is 7.89. The topological polar surface area (TPSA) is 76.4 Å². The zero-order chi connectivity index (χ0) is 16.8. The minimum Gasteiger partial charge on any atom is -0.342 e. The molecule has 1 aromatic rings. The van der Waals surface area contributed by atoms with Gasteiger partial charge >= 0.3 is 6.03 Å². The van der Waals surface area contributed by atoms with Gasteiger partial charge in [0, 0.05) is 25.8 Å². The van der Waals surface area contributed by atoms with Crippen LogP contribution in [-0.4, -0.2) is 47.9 Å². The number of anilines is 1. The van der Waals surface area contributed by atoms with Gasteiger partial charge in [-0.25, -0.2) is 4.79 Å². The van der Waals surface area contributed by atoms with Crippen LogP contribution in [0.1, 0.15) is 31.7 Å². The molecule has 1 atom stereocenters. The number of nitrogens with one attached hydrogen (secondary N) is 1. The average molecular weight is 314 g/mol. The zero-order valence-electron chi connectivity index (χ0n) is 13.6. The Morgan fingerprint density at radius 3 is 2.91 bits per heavy atom. The molecule has 6 nitrogen and oxygen atoms in total. The molecule has 1 aliphatic heterocycles. The fourth-order valence-electron chi connectivity index (χ4n) is 2.69. The van der Waals surface area contributed by atoms with Gasteiger partial charge in [0.1, 0.15) is 6.04 Å². The van der Waals surface area contributed by atoms with Crippen molar-refractivity contribution in [3.63, 3.8) is 0 Å². The maximum Gasteiger partial charge on any atom is 0.322 e. The van der Waals surface area contributed by atoms with E-state index in [0.717, 1.165) is 12.8 Å². The lowest BCUT2D eigenvalue weighted by atomic mass is 10.0. The number of unbranched alkanes of at least 4 members (excludes halogenated alkanes) is 1. The van der Waals surface area contributed by atoms with Gasteiger partial charge in [-0.15, -0.1) is 0 Å². The molecule has 0 aromatic heterocycles. The van der Waals surface area contributed by atoms with Crippen LogP contribution >= 0.6 is 0 Å². The molecule has 1 aliphatic rings. The summed E-state index contributed by atoms with van der Waals surface area (Å²) in [4.78, 5) is 28.2. The summed E-state index contributed by atoms with van der Waals surface area (Å²) in [5, 5.41) is 11.7. The van der Waals surface area contributed by atoms with Crippen molar-refractivity contribution < 1.29 is 9.59 Å². The van der Waals surface area contributed by atoms with Crippen LogP contribution in [0.25, 0.3) is 0 Å². The average Bonchev–Trinajstić information content (AvgIpc) is 2.56. The second-order valence-electron chi connectivity index (χ2n) is 5.73. The maximum absolute atomic E-state index is 12.6. The van der Waals surface area contributed by atoms with Gasteiger partial charge in [-0.2, -0.15) is 5.26 Å². The highest BCUT2D eigenvalue weighted by Gasteiger charge is 2.35. The first-order chi connectivity index (χ1) is 11.1. The number of carbonyl (C=O) groups excluding carboxylic acids is 2. The van der Waals surface area contributed by atoms with E-state index in [1.165, 1.54) is 0 Å². The number of amides is 3. The van der Waals surface area contributed by atoms with Crippen LogP contribution in [0.4, 0.5) is 10.5 Å². The zero-order valence-corrected chi connectivity index (χ0v) is 13.6. The largest absolute Gasteiger partial charge is 0.342 e. The predicted molar refractivity (Wildman–Crippen MR) is 87.8 cm³/mol. The molecule has 1 aromatic carbocycles. The summed E-state index contributed by atoms with van der Waals surface area (Å²) < 4.78 is 0. The lowest BCUT2D eigenvalue weighted by Gasteiger charge is -2.39. The van der Waals surface area contributed by atoms with Crippen molar-refractivity contribution in [3.05, 3.63) is 29.8 Å². The number of likely N-dealkylation sites (N-methyl/N-ethyl adjacent to an activating group) is 1. The van der Waals surface area contributed by atoms with Crippen molar-refractivity contribution in [1.82, 2.24) is 9.80 Å². The second-order valence-corrected chi connectivity index (χ2v) is 5.73. The summed E-state index contributed by atoms with van der Waals surface area (Å²) in [5.41, 5.74) is 1.05. The molecule has 0 bridgehead atoms. The first kappa shape index (κ1) is 16.8. The van der Waals surface area contributed by atoms with E-state index < -0.39 is 6.04 Å². The number of nitrogens with zero attached hydrogens (tertiary/aromatic N) is 3. The van der Waals surface area contributed by atoms with Gasteiger partial charge in [-0.05, 0) is 24.6 Å². The van der Waals surface area contributed by atoms with E-state index in [-0.39, 0.29) is 11.9 Å². The van der Waals surface area contributed by atoms with E-state index in [9.17, 15) is 9.59 Å². The minimum absolute atomic E-state index is 0.00868. The minimum atomic E-state index is -0.409. The fourth-order valence-corrected chi connectivity index (χ4v) is 2.69. The predicted octanol–water partition coefficient (Wildman–Crippen LogP) is 2.42. The Kier molecular flexibility index (Phi) is 5.58. The SMILES string of the molecule is CCCC[C@@H]1C(=O)N(C)CCN1C(=O)Nc1cccc(C#N)c1. The number of benzene rings is 1. The molecule has 1 heterocycles. The van der Waals surface area contributed by atoms with Crippen LogP contribution < -0.4 is 5.32 Å². The Morgan fingerprint density at radius 2 is 2.22 bits per heavy atom. The molecule has 1 saturated heterocycles. The molecule has 1 fully saturated rings. The van der Waals surface area contributed by atoms with Crippen molar-refractivity contribution in [2.45, 2.75) is 32.2 Å². The van der Waals surface area contributed by atoms with Crippen molar-refractivity contribution in [2.24, 2.45) is 0 Å². The van der Waals surface area contributed by atoms with E-state index in [0.29, 0.717) is 30.8 Å². The normalized spacial score (nSPS) is 17.8. The number of hydrogen-bond acceptors (Lipinski definition) is 3. The summed E-state index contributed by atoms with van der Waals surface area (Å²) in [6, 6.07) is 8.10. The van der Waals surface area contributed by atoms with Crippen LogP contribution in [0.15, 0.2) is 24.3 Å². The van der Waals surface area contributed by atoms with E-state index in [1.54, 1.807) is 41.1 Å². The lowest BCUT2D eigenvalue weighted by molar-refractivity contribution is -0.138. The Hall–Kier alpha value is -2.55. The molecule has 0 saturated carbocycles. The smallest absolute Gasteiger partial charge is 0.322 e. The molecule has 0 aliphatic carbocycles. The molecule has 3 amide bonds. The van der Waals surface area contributed by atoms with Crippen molar-refractivity contribution in [2.75, 3.05) is 25.5 Å². The maximum atomic E-state index is 12.6. The third-order valence-electron chi connectivity index (χ3n) is 4.05. The second kappa shape index (κ2) is 7.63. The van der Waals surface area contributed by atoms with Crippen LogP contribution in [0.3, 0.4) is 0 Å². The molecule has 6 heteroatoms. The van der Waals surface area contributed by atoms with Gasteiger partial charge in [0.25, 0.3) is 0 Å². The van der Waals surface area contributed by atoms with Gasteiger partial charge in [-0.1, -0.05) is 25.8 Å². The van der Waals surface area contributed by atoms with E-state index in [1.807, 2.05) is 6.07 Å². The summed E-state index contributed by atoms with van der Waals surface area (Å²) in [5.74, 6) is -0.00868. The van der Waals surface area contributed by atoms with Crippen molar-refractivity contribution >= 4 is 17.6 Å². The van der Waals surface area contributed by atoms with E-state index >= 15 is 0 Å². The Balaban J connectivity index is 2.11. The first-order valence-corrected chi connectivity index (χ1v) is 7.89. The molecule has 0 spiro atoms. The van der Waals surface area contributed by atoms with E-state index in [2.05, 4.69) is 12.2 Å². The summed E-state index contributed by atoms with van der Waals surface area (Å²) >= 11 is 0. The number of carbonyl (C=O) groups is 2. The number of nitriles is 1. The standard InChI is InChI=1S/C17H22N4O2/c1-3-4-8-15-16(22)20(2)9-10-21(15)17(23)19-14-7-5-6-13(11-14)12-18/h5-7,11,15H,3-4,8-10H2,1-2H3,(H,19,23)/t15-/m1/s1. The molecular weight excluding hydrogens is 292 g/mol. The summed E-state index contributed by atoms with van der Waals surface area (Å²) in [7, 11) is 1.77. The van der Waals surface area contributed by atoms with Crippen LogP contribution in [-0.2, 0) is 4.79 Å². The molecule has 0 radical (unpaired) electrons. The lowest BCUT2D eigenvalue weighted by Crippen LogP contribution is -2.58. The van der Waals surface area contributed by atoms with Crippen LogP contribution in [0, 0.1) is 11.3 Å². The summed E-state index contributed by atoms with van der Waals surface area (Å²) in [6.45, 7) is 3.11. The van der Waals surface area contributed by atoms with Gasteiger partial charge in [0.2, 0.25) is 5.91 Å². The fraction of sp³-hybridized carbons (Fsp3) is 0.471. The molecule has 2 rings (SSSR count). The molecule has 122 valence electrons. The molecule has 1 N–H and O–H groups in total. The Labute approximate surface area is 136 Å². The summed E-state index contributed by atoms with van der Waals surface area (Å²) in [6.07, 6.45) is 2.55. The Morgan fingerprint density at radius 1 is 1.43 bits per heavy atom. The molecule has 23 heavy (non-hydrogen) atoms. The molecular formula is C17H22N4O2. The monoisotopic (exact) mass is 314 g/mol. The number of urea groups is 1. The van der Waals surface area contributed by atoms with Gasteiger partial charge in [0.05, 0.1) is 11.6 Å². The third-order valence-corrected chi connectivity index (χ3v) is 4.05. The highest BCUT2D eigenvalue weighted by Crippen LogP contribution is 2.18. The highest BCUT2D eigenvalue weighted by molar-refractivity contribution is 5.94. The third kappa shape index (κ3) is 4.01. The van der Waals surface area contributed by atoms with Gasteiger partial charge in [-0.3, -0.25) is 4.79 Å². The number of rotatable bonds is 4. The number of hydrogen-bond donors (Lipinski definition) is 1. The van der Waals surface area contributed by atoms with Crippen molar-refractivity contribution in [3.8, 4) is 6.07 Å². The van der Waals surface area contributed by atoms with Gasteiger partial charge < -0.3 is 15.1 Å². The van der Waals surface area contributed by atoms with Crippen LogP contribution in [0.5, 0.6) is 0 Å². The highest BCUT2D eigenvalue weighted by atomic mass is 16.2. The van der Waals surface area contributed by atoms with Crippen LogP contribution in [0.2, 0.25) is 0 Å². The van der Waals surface area contributed by atoms with Crippen molar-refractivity contribution in [1.29, 1.82) is 5.26 Å². The number of piperazine rings is 1. The quantitative estimate of drug-likeness (QED) is 0.927.